The van der Waals surface area contributed by atoms with Gasteiger partial charge in [0.15, 0.2) is 5.96 Å². The van der Waals surface area contributed by atoms with Crippen LogP contribution < -0.4 is 10.1 Å². The van der Waals surface area contributed by atoms with Crippen LogP contribution in [0.25, 0.3) is 11.1 Å². The van der Waals surface area contributed by atoms with E-state index in [1.807, 2.05) is 49.4 Å². The average molecular weight is 349 g/mol. The van der Waals surface area contributed by atoms with Crippen LogP contribution in [0.1, 0.15) is 18.9 Å². The number of carbonyl (C=O) groups is 1. The third-order valence-corrected chi connectivity index (χ3v) is 4.64. The molecule has 3 rings (SSSR count). The van der Waals surface area contributed by atoms with Gasteiger partial charge in [-0.2, -0.15) is 0 Å². The van der Waals surface area contributed by atoms with E-state index in [1.165, 1.54) is 4.90 Å². The standard InChI is InChI=1S/C21H23N3O2/c1-4-11-26-18-10-6-8-16(13-18)15-7-5-9-17(12-15)21(2)14-19(25)24(3)20(22)23-21/h4-10,12-13H,1,11,14H2,2-3H3,(H2,22,23)/t21-/m0/s1. The fourth-order valence-electron chi connectivity index (χ4n) is 3.07. The Labute approximate surface area is 153 Å². The second-order valence-corrected chi connectivity index (χ2v) is 6.64. The van der Waals surface area contributed by atoms with Crippen molar-refractivity contribution in [2.45, 2.75) is 18.9 Å². The van der Waals surface area contributed by atoms with Gasteiger partial charge in [-0.25, -0.2) is 0 Å². The maximum absolute atomic E-state index is 12.2. The molecule has 5 nitrogen and oxygen atoms in total. The Bertz CT molecular complexity index is 842. The van der Waals surface area contributed by atoms with E-state index in [-0.39, 0.29) is 11.9 Å². The van der Waals surface area contributed by atoms with Crippen molar-refractivity contribution in [3.8, 4) is 16.9 Å². The summed E-state index contributed by atoms with van der Waals surface area (Å²) in [5.41, 5.74) is 2.44. The van der Waals surface area contributed by atoms with Crippen LogP contribution in [0.3, 0.4) is 0 Å². The first-order chi connectivity index (χ1) is 12.4. The highest BCUT2D eigenvalue weighted by Gasteiger charge is 2.37. The Kier molecular flexibility index (Phi) is 4.80. The van der Waals surface area contributed by atoms with E-state index in [2.05, 4.69) is 18.0 Å². The second kappa shape index (κ2) is 7.04. The zero-order valence-electron chi connectivity index (χ0n) is 15.1. The number of nitrogens with zero attached hydrogens (tertiary/aromatic N) is 1. The summed E-state index contributed by atoms with van der Waals surface area (Å²) in [4.78, 5) is 13.6. The Morgan fingerprint density at radius 2 is 1.96 bits per heavy atom. The number of benzene rings is 2. The third-order valence-electron chi connectivity index (χ3n) is 4.64. The van der Waals surface area contributed by atoms with Crippen LogP contribution in [-0.2, 0) is 10.3 Å². The number of nitrogens with one attached hydrogen (secondary N) is 2. The summed E-state index contributed by atoms with van der Waals surface area (Å²) in [6, 6.07) is 15.9. The molecule has 0 aliphatic carbocycles. The number of hydrogen-bond donors (Lipinski definition) is 2. The Morgan fingerprint density at radius 1 is 1.27 bits per heavy atom. The van der Waals surface area contributed by atoms with E-state index in [1.54, 1.807) is 13.1 Å². The summed E-state index contributed by atoms with van der Waals surface area (Å²) in [5.74, 6) is 0.837. The van der Waals surface area contributed by atoms with Gasteiger partial charge in [-0.15, -0.1) is 0 Å². The smallest absolute Gasteiger partial charge is 0.231 e. The highest BCUT2D eigenvalue weighted by atomic mass is 16.5. The van der Waals surface area contributed by atoms with Gasteiger partial charge in [-0.1, -0.05) is 43.0 Å². The minimum atomic E-state index is -0.604. The summed E-state index contributed by atoms with van der Waals surface area (Å²) < 4.78 is 5.61. The maximum Gasteiger partial charge on any atom is 0.231 e. The van der Waals surface area contributed by atoms with Gasteiger partial charge < -0.3 is 10.1 Å². The van der Waals surface area contributed by atoms with Gasteiger partial charge in [0, 0.05) is 7.05 Å². The zero-order valence-corrected chi connectivity index (χ0v) is 15.1. The first-order valence-corrected chi connectivity index (χ1v) is 8.51. The quantitative estimate of drug-likeness (QED) is 0.812. The molecule has 0 saturated carbocycles. The van der Waals surface area contributed by atoms with Crippen molar-refractivity contribution in [3.63, 3.8) is 0 Å². The van der Waals surface area contributed by atoms with Crippen LogP contribution in [-0.4, -0.2) is 30.4 Å². The third kappa shape index (κ3) is 3.47. The molecule has 2 aromatic rings. The van der Waals surface area contributed by atoms with Crippen molar-refractivity contribution in [2.24, 2.45) is 0 Å². The summed E-state index contributed by atoms with van der Waals surface area (Å²) in [6.07, 6.45) is 2.02. The molecule has 5 heteroatoms. The van der Waals surface area contributed by atoms with Crippen LogP contribution in [0, 0.1) is 5.41 Å². The molecule has 1 amide bonds. The van der Waals surface area contributed by atoms with Gasteiger partial charge in [0.25, 0.3) is 0 Å². The lowest BCUT2D eigenvalue weighted by atomic mass is 9.85. The average Bonchev–Trinajstić information content (AvgIpc) is 2.65. The molecule has 0 aromatic heterocycles. The first kappa shape index (κ1) is 17.7. The molecule has 26 heavy (non-hydrogen) atoms. The van der Waals surface area contributed by atoms with E-state index in [4.69, 9.17) is 10.1 Å². The summed E-state index contributed by atoms with van der Waals surface area (Å²) in [5, 5.41) is 11.2. The predicted octanol–water partition coefficient (Wildman–Crippen LogP) is 3.52. The minimum Gasteiger partial charge on any atom is -0.490 e. The first-order valence-electron chi connectivity index (χ1n) is 8.51. The van der Waals surface area contributed by atoms with Gasteiger partial charge in [-0.3, -0.25) is 15.1 Å². The molecule has 2 N–H and O–H groups in total. The lowest BCUT2D eigenvalue weighted by molar-refractivity contribution is -0.129. The van der Waals surface area contributed by atoms with Crippen molar-refractivity contribution < 1.29 is 9.53 Å². The zero-order chi connectivity index (χ0) is 18.7. The van der Waals surface area contributed by atoms with Crippen LogP contribution in [0.2, 0.25) is 0 Å². The summed E-state index contributed by atoms with van der Waals surface area (Å²) in [7, 11) is 1.61. The van der Waals surface area contributed by atoms with Crippen LogP contribution in [0.15, 0.2) is 61.2 Å². The minimum absolute atomic E-state index is 0.0681. The lowest BCUT2D eigenvalue weighted by Gasteiger charge is -2.39. The Hall–Kier alpha value is -3.08. The normalized spacial score (nSPS) is 19.8. The molecular formula is C21H23N3O2. The lowest BCUT2D eigenvalue weighted by Crippen LogP contribution is -2.58. The van der Waals surface area contributed by atoms with E-state index >= 15 is 0 Å². The number of ether oxygens (including phenoxy) is 1. The molecule has 1 atom stereocenters. The van der Waals surface area contributed by atoms with Gasteiger partial charge >= 0.3 is 0 Å². The largest absolute Gasteiger partial charge is 0.490 e. The number of hydrogen-bond acceptors (Lipinski definition) is 3. The molecule has 0 bridgehead atoms. The number of guanidine groups is 1. The van der Waals surface area contributed by atoms with Crippen LogP contribution >= 0.6 is 0 Å². The van der Waals surface area contributed by atoms with Gasteiger partial charge in [0.05, 0.1) is 12.0 Å². The van der Waals surface area contributed by atoms with Crippen molar-refractivity contribution in [1.82, 2.24) is 10.2 Å². The van der Waals surface area contributed by atoms with E-state index in [0.717, 1.165) is 22.4 Å². The molecule has 1 saturated heterocycles. The molecule has 1 heterocycles. The highest BCUT2D eigenvalue weighted by molar-refractivity contribution is 5.98. The van der Waals surface area contributed by atoms with Gasteiger partial charge in [0.1, 0.15) is 12.4 Å². The molecule has 0 spiro atoms. The number of carbonyl (C=O) groups excluding carboxylic acids is 1. The van der Waals surface area contributed by atoms with Crippen LogP contribution in [0.5, 0.6) is 5.75 Å². The fourth-order valence-corrected chi connectivity index (χ4v) is 3.07. The molecule has 1 aliphatic rings. The van der Waals surface area contributed by atoms with Crippen molar-refractivity contribution in [3.05, 3.63) is 66.7 Å². The van der Waals surface area contributed by atoms with Gasteiger partial charge in [0.2, 0.25) is 5.91 Å². The molecule has 1 fully saturated rings. The van der Waals surface area contributed by atoms with E-state index in [9.17, 15) is 4.79 Å². The van der Waals surface area contributed by atoms with E-state index in [0.29, 0.717) is 13.0 Å². The highest BCUT2D eigenvalue weighted by Crippen LogP contribution is 2.32. The summed E-state index contributed by atoms with van der Waals surface area (Å²) in [6.45, 7) is 6.08. The fraction of sp³-hybridized carbons (Fsp3) is 0.238. The number of rotatable bonds is 5. The molecule has 0 radical (unpaired) electrons. The Balaban J connectivity index is 1.92. The van der Waals surface area contributed by atoms with Crippen LogP contribution in [0.4, 0.5) is 0 Å². The number of amides is 1. The Morgan fingerprint density at radius 3 is 2.65 bits per heavy atom. The predicted molar refractivity (Wildman–Crippen MR) is 103 cm³/mol. The molecule has 134 valence electrons. The van der Waals surface area contributed by atoms with Crippen molar-refractivity contribution >= 4 is 11.9 Å². The van der Waals surface area contributed by atoms with Crippen molar-refractivity contribution in [2.75, 3.05) is 13.7 Å². The van der Waals surface area contributed by atoms with Gasteiger partial charge in [-0.05, 0) is 41.8 Å². The monoisotopic (exact) mass is 349 g/mol. The van der Waals surface area contributed by atoms with Crippen molar-refractivity contribution in [1.29, 1.82) is 5.41 Å². The maximum atomic E-state index is 12.2. The topological polar surface area (TPSA) is 65.4 Å². The molecule has 2 aromatic carbocycles. The molecule has 1 aliphatic heterocycles. The van der Waals surface area contributed by atoms with E-state index < -0.39 is 5.54 Å². The summed E-state index contributed by atoms with van der Waals surface area (Å²) >= 11 is 0. The molecular weight excluding hydrogens is 326 g/mol. The SMILES string of the molecule is C=CCOc1cccc(-c2cccc([C@]3(C)CC(=O)N(C)C(=N)N3)c2)c1. The molecule has 0 unspecified atom stereocenters. The second-order valence-electron chi connectivity index (χ2n) is 6.64.